The molecule has 2 aliphatic rings. The van der Waals surface area contributed by atoms with Gasteiger partial charge in [-0.3, -0.25) is 0 Å². The van der Waals surface area contributed by atoms with Gasteiger partial charge >= 0.3 is 0 Å². The molecule has 1 atom stereocenters. The van der Waals surface area contributed by atoms with Crippen molar-refractivity contribution in [2.45, 2.75) is 36.5 Å². The van der Waals surface area contributed by atoms with Crippen LogP contribution in [0.1, 0.15) is 19.3 Å². The van der Waals surface area contributed by atoms with Crippen LogP contribution in [-0.4, -0.2) is 51.9 Å². The maximum Gasteiger partial charge on any atom is 0.243 e. The number of sulfonamides is 1. The van der Waals surface area contributed by atoms with Crippen LogP contribution in [-0.2, 0) is 19.5 Å². The summed E-state index contributed by atoms with van der Waals surface area (Å²) in [6, 6.07) is 4.53. The highest BCUT2D eigenvalue weighted by molar-refractivity contribution is 9.10. The minimum Gasteiger partial charge on any atom is -0.496 e. The number of rotatable bonds is 4. The number of nitrogens with zero attached hydrogens (tertiary/aromatic N) is 1. The third kappa shape index (κ3) is 3.41. The molecule has 0 aromatic heterocycles. The summed E-state index contributed by atoms with van der Waals surface area (Å²) in [7, 11) is -2.06. The molecule has 0 aliphatic carbocycles. The molecular formula is C15H20BrNO5S. The zero-order valence-electron chi connectivity index (χ0n) is 12.9. The Labute approximate surface area is 144 Å². The third-order valence-corrected chi connectivity index (χ3v) is 6.73. The second-order valence-corrected chi connectivity index (χ2v) is 8.33. The van der Waals surface area contributed by atoms with Crippen molar-refractivity contribution in [3.05, 3.63) is 22.7 Å². The minimum absolute atomic E-state index is 0.245. The van der Waals surface area contributed by atoms with Crippen LogP contribution < -0.4 is 4.74 Å². The van der Waals surface area contributed by atoms with E-state index in [4.69, 9.17) is 14.2 Å². The van der Waals surface area contributed by atoms with Crippen LogP contribution in [0.4, 0.5) is 0 Å². The lowest BCUT2D eigenvalue weighted by Gasteiger charge is -2.36. The molecule has 0 N–H and O–H groups in total. The molecule has 1 aromatic rings. The summed E-state index contributed by atoms with van der Waals surface area (Å²) >= 11 is 3.35. The first-order chi connectivity index (χ1) is 11.0. The van der Waals surface area contributed by atoms with Crippen molar-refractivity contribution in [3.63, 3.8) is 0 Å². The molecule has 2 heterocycles. The van der Waals surface area contributed by atoms with Gasteiger partial charge in [-0.25, -0.2) is 8.42 Å². The SMILES string of the molecule is COc1ccc(S(=O)(=O)N2CCCC[C@@H]2C2OCCO2)cc1Br. The molecule has 0 spiro atoms. The fourth-order valence-electron chi connectivity index (χ4n) is 3.04. The molecule has 1 aromatic carbocycles. The van der Waals surface area contributed by atoms with Crippen LogP contribution in [0, 0.1) is 0 Å². The minimum atomic E-state index is -3.61. The van der Waals surface area contributed by atoms with Crippen LogP contribution >= 0.6 is 15.9 Å². The first-order valence-corrected chi connectivity index (χ1v) is 9.86. The summed E-state index contributed by atoms with van der Waals surface area (Å²) < 4.78 is 44.5. The molecule has 0 saturated carbocycles. The average molecular weight is 406 g/mol. The molecule has 8 heteroatoms. The van der Waals surface area contributed by atoms with E-state index >= 15 is 0 Å². The number of piperidine rings is 1. The lowest BCUT2D eigenvalue weighted by molar-refractivity contribution is -0.0913. The van der Waals surface area contributed by atoms with Crippen molar-refractivity contribution in [3.8, 4) is 5.75 Å². The second kappa shape index (κ2) is 7.06. The van der Waals surface area contributed by atoms with E-state index in [0.29, 0.717) is 30.0 Å². The van der Waals surface area contributed by atoms with E-state index in [1.807, 2.05) is 0 Å². The van der Waals surface area contributed by atoms with Crippen molar-refractivity contribution in [2.24, 2.45) is 0 Å². The van der Waals surface area contributed by atoms with Gasteiger partial charge in [-0.15, -0.1) is 0 Å². The van der Waals surface area contributed by atoms with Crippen LogP contribution in [0.5, 0.6) is 5.75 Å². The van der Waals surface area contributed by atoms with E-state index in [-0.39, 0.29) is 10.9 Å². The molecule has 0 amide bonds. The predicted octanol–water partition coefficient (Wildman–Crippen LogP) is 2.37. The Morgan fingerprint density at radius 1 is 1.26 bits per heavy atom. The van der Waals surface area contributed by atoms with Crippen LogP contribution in [0.2, 0.25) is 0 Å². The predicted molar refractivity (Wildman–Crippen MR) is 87.9 cm³/mol. The van der Waals surface area contributed by atoms with Crippen molar-refractivity contribution < 1.29 is 22.6 Å². The number of benzene rings is 1. The highest BCUT2D eigenvalue weighted by Crippen LogP contribution is 2.33. The van der Waals surface area contributed by atoms with Crippen molar-refractivity contribution >= 4 is 26.0 Å². The molecule has 2 aliphatic heterocycles. The molecule has 2 saturated heterocycles. The fraction of sp³-hybridized carbons (Fsp3) is 0.600. The standard InChI is InChI=1S/C15H20BrNO5S/c1-20-14-6-5-11(10-12(14)16)23(18,19)17-7-3-2-4-13(17)15-21-8-9-22-15/h5-6,10,13,15H,2-4,7-9H2,1H3/t13-/m1/s1. The number of hydrogen-bond acceptors (Lipinski definition) is 5. The van der Waals surface area contributed by atoms with Gasteiger partial charge in [0.2, 0.25) is 10.0 Å². The van der Waals surface area contributed by atoms with Gasteiger partial charge in [0.1, 0.15) is 5.75 Å². The smallest absolute Gasteiger partial charge is 0.243 e. The van der Waals surface area contributed by atoms with Crippen LogP contribution in [0.25, 0.3) is 0 Å². The molecular weight excluding hydrogens is 386 g/mol. The first-order valence-electron chi connectivity index (χ1n) is 7.62. The van der Waals surface area contributed by atoms with E-state index in [1.165, 1.54) is 4.31 Å². The van der Waals surface area contributed by atoms with Gasteiger partial charge in [-0.05, 0) is 47.0 Å². The Hall–Kier alpha value is -0.670. The Bertz CT molecular complexity index is 660. The van der Waals surface area contributed by atoms with Gasteiger partial charge in [0.05, 0.1) is 35.7 Å². The molecule has 6 nitrogen and oxygen atoms in total. The summed E-state index contributed by atoms with van der Waals surface area (Å²) in [5, 5.41) is 0. The third-order valence-electron chi connectivity index (χ3n) is 4.19. The molecule has 3 rings (SSSR count). The van der Waals surface area contributed by atoms with Gasteiger partial charge in [0, 0.05) is 6.54 Å². The summed E-state index contributed by atoms with van der Waals surface area (Å²) in [5.74, 6) is 0.599. The Balaban J connectivity index is 1.91. The molecule has 23 heavy (non-hydrogen) atoms. The normalized spacial score (nSPS) is 24.0. The van der Waals surface area contributed by atoms with Crippen molar-refractivity contribution in [1.82, 2.24) is 4.31 Å². The van der Waals surface area contributed by atoms with Gasteiger partial charge in [-0.1, -0.05) is 6.42 Å². The second-order valence-electron chi connectivity index (χ2n) is 5.59. The number of methoxy groups -OCH3 is 1. The van der Waals surface area contributed by atoms with Crippen LogP contribution in [0.15, 0.2) is 27.6 Å². The Morgan fingerprint density at radius 2 is 2.00 bits per heavy atom. The maximum absolute atomic E-state index is 13.1. The quantitative estimate of drug-likeness (QED) is 0.768. The number of ether oxygens (including phenoxy) is 3. The number of halogens is 1. The van der Waals surface area contributed by atoms with Gasteiger partial charge in [-0.2, -0.15) is 4.31 Å². The maximum atomic E-state index is 13.1. The van der Waals surface area contributed by atoms with Gasteiger partial charge in [0.25, 0.3) is 0 Å². The zero-order valence-corrected chi connectivity index (χ0v) is 15.3. The highest BCUT2D eigenvalue weighted by Gasteiger charge is 2.40. The topological polar surface area (TPSA) is 65.1 Å². The lowest BCUT2D eigenvalue weighted by Crippen LogP contribution is -2.50. The van der Waals surface area contributed by atoms with Crippen LogP contribution in [0.3, 0.4) is 0 Å². The summed E-state index contributed by atoms with van der Waals surface area (Å²) in [4.78, 5) is 0.245. The largest absolute Gasteiger partial charge is 0.496 e. The first kappa shape index (κ1) is 17.2. The fourth-order valence-corrected chi connectivity index (χ4v) is 5.44. The van der Waals surface area contributed by atoms with Gasteiger partial charge < -0.3 is 14.2 Å². The van der Waals surface area contributed by atoms with E-state index in [0.717, 1.165) is 19.3 Å². The molecule has 0 bridgehead atoms. The van der Waals surface area contributed by atoms with E-state index < -0.39 is 16.3 Å². The highest BCUT2D eigenvalue weighted by atomic mass is 79.9. The lowest BCUT2D eigenvalue weighted by atomic mass is 10.0. The summed E-state index contributed by atoms with van der Waals surface area (Å²) in [5.41, 5.74) is 0. The van der Waals surface area contributed by atoms with E-state index in [2.05, 4.69) is 15.9 Å². The molecule has 128 valence electrons. The number of hydrogen-bond donors (Lipinski definition) is 0. The van der Waals surface area contributed by atoms with Gasteiger partial charge in [0.15, 0.2) is 6.29 Å². The Kier molecular flexibility index (Phi) is 5.27. The molecule has 0 unspecified atom stereocenters. The van der Waals surface area contributed by atoms with Crippen molar-refractivity contribution in [1.29, 1.82) is 0 Å². The zero-order chi connectivity index (χ0) is 16.4. The summed E-state index contributed by atoms with van der Waals surface area (Å²) in [6.45, 7) is 1.52. The average Bonchev–Trinajstić information content (AvgIpc) is 3.09. The molecule has 0 radical (unpaired) electrons. The van der Waals surface area contributed by atoms with E-state index in [1.54, 1.807) is 25.3 Å². The summed E-state index contributed by atoms with van der Waals surface area (Å²) in [6.07, 6.45) is 2.11. The molecule has 2 fully saturated rings. The monoisotopic (exact) mass is 405 g/mol. The van der Waals surface area contributed by atoms with Crippen molar-refractivity contribution in [2.75, 3.05) is 26.9 Å². The van der Waals surface area contributed by atoms with E-state index in [9.17, 15) is 8.42 Å². The Morgan fingerprint density at radius 3 is 2.65 bits per heavy atom.